The van der Waals surface area contributed by atoms with Crippen LogP contribution < -0.4 is 21.5 Å². The summed E-state index contributed by atoms with van der Waals surface area (Å²) in [6, 6.07) is 48.4. The Kier molecular flexibility index (Phi) is 10.7. The third-order valence-electron chi connectivity index (χ3n) is 7.81. The Bertz CT molecular complexity index is 1530. The van der Waals surface area contributed by atoms with Gasteiger partial charge in [0, 0.05) is 0 Å². The molecule has 6 aromatic rings. The summed E-state index contributed by atoms with van der Waals surface area (Å²) < 4.78 is 14.9. The van der Waals surface area contributed by atoms with Crippen LogP contribution in [0.3, 0.4) is 0 Å². The average molecular weight is 923 g/mol. The second kappa shape index (κ2) is 14.4. The summed E-state index contributed by atoms with van der Waals surface area (Å²) in [7, 11) is 0. The van der Waals surface area contributed by atoms with E-state index in [1.807, 2.05) is 72.8 Å². The molecular weight excluding hydrogens is 899 g/mol. The van der Waals surface area contributed by atoms with Gasteiger partial charge in [-0.1, -0.05) is 0 Å². The van der Waals surface area contributed by atoms with Crippen LogP contribution in [-0.2, 0) is 1.41 Å². The summed E-state index contributed by atoms with van der Waals surface area (Å²) in [5.74, 6) is 0. The molecule has 224 valence electrons. The first kappa shape index (κ1) is 33.5. The van der Waals surface area contributed by atoms with Crippen molar-refractivity contribution in [1.82, 2.24) is 0 Å². The third-order valence-corrected chi connectivity index (χ3v) is 42.4. The van der Waals surface area contributed by atoms with Gasteiger partial charge in [0.2, 0.25) is 0 Å². The van der Waals surface area contributed by atoms with Crippen molar-refractivity contribution in [1.29, 1.82) is 0 Å². The molecule has 0 aliphatic rings. The minimum atomic E-state index is -4.55. The van der Waals surface area contributed by atoms with Gasteiger partial charge in [0.15, 0.2) is 0 Å². The van der Waals surface area contributed by atoms with Crippen LogP contribution in [-0.4, -0.2) is 37.6 Å². The van der Waals surface area contributed by atoms with Crippen molar-refractivity contribution in [3.63, 3.8) is 0 Å². The van der Waals surface area contributed by atoms with E-state index in [4.69, 9.17) is 71.0 Å². The second-order valence-electron chi connectivity index (χ2n) is 10.5. The molecule has 0 spiro atoms. The minimum absolute atomic E-state index is 0.647. The molecule has 0 aliphatic heterocycles. The van der Waals surface area contributed by atoms with Gasteiger partial charge in [0.05, 0.1) is 0 Å². The van der Waals surface area contributed by atoms with Gasteiger partial charge in [-0.3, -0.25) is 0 Å². The summed E-state index contributed by atoms with van der Waals surface area (Å²) in [6.45, 7) is 0. The van der Waals surface area contributed by atoms with Crippen molar-refractivity contribution in [3.05, 3.63) is 176 Å². The third kappa shape index (κ3) is 6.94. The quantitative estimate of drug-likeness (QED) is 0.140. The van der Waals surface area contributed by atoms with E-state index in [9.17, 15) is 0 Å². The predicted molar refractivity (Wildman–Crippen MR) is 199 cm³/mol. The Morgan fingerprint density at radius 1 is 0.244 bits per heavy atom. The summed E-state index contributed by atoms with van der Waals surface area (Å²) in [4.78, 5) is 0. The molecule has 0 aliphatic carbocycles. The monoisotopic (exact) mass is 922 g/mol. The molecule has 1 nitrogen and oxygen atoms in total. The Morgan fingerprint density at radius 2 is 0.378 bits per heavy atom. The molecule has 0 atom stereocenters. The van der Waals surface area contributed by atoms with Crippen molar-refractivity contribution in [2.24, 2.45) is 0 Å². The van der Waals surface area contributed by atoms with Crippen molar-refractivity contribution < 1.29 is 1.41 Å². The summed E-state index contributed by atoms with van der Waals surface area (Å²) >= 11 is 29.8. The van der Waals surface area contributed by atoms with Gasteiger partial charge < -0.3 is 0 Å². The van der Waals surface area contributed by atoms with Gasteiger partial charge in [-0.25, -0.2) is 0 Å². The van der Waals surface area contributed by atoms with E-state index in [0.717, 1.165) is 21.5 Å². The van der Waals surface area contributed by atoms with E-state index in [1.165, 1.54) is 0 Å². The fourth-order valence-electron chi connectivity index (χ4n) is 5.69. The van der Waals surface area contributed by atoms with E-state index in [-0.39, 0.29) is 0 Å². The van der Waals surface area contributed by atoms with Crippen LogP contribution >= 0.6 is 69.6 Å². The molecule has 0 aromatic heterocycles. The molecule has 0 bridgehead atoms. The zero-order valence-electron chi connectivity index (χ0n) is 23.5. The van der Waals surface area contributed by atoms with Crippen molar-refractivity contribution in [2.75, 3.05) is 0 Å². The molecule has 0 saturated heterocycles. The fraction of sp³-hybridized carbons (Fsp3) is 0. The second-order valence-corrected chi connectivity index (χ2v) is 35.3. The van der Waals surface area contributed by atoms with Crippen LogP contribution in [0.4, 0.5) is 0 Å². The molecule has 45 heavy (non-hydrogen) atoms. The number of rotatable bonds is 8. The van der Waals surface area contributed by atoms with Gasteiger partial charge in [0.1, 0.15) is 0 Å². The molecule has 0 heterocycles. The molecule has 0 fully saturated rings. The van der Waals surface area contributed by atoms with E-state index < -0.39 is 37.6 Å². The van der Waals surface area contributed by atoms with Gasteiger partial charge >= 0.3 is 306 Å². The molecular formula is C36H24Cl6OSn2. The predicted octanol–water partition coefficient (Wildman–Crippen LogP) is 8.26. The van der Waals surface area contributed by atoms with Crippen LogP contribution in [0.1, 0.15) is 0 Å². The van der Waals surface area contributed by atoms with Crippen molar-refractivity contribution in [3.8, 4) is 0 Å². The zero-order valence-corrected chi connectivity index (χ0v) is 33.8. The van der Waals surface area contributed by atoms with Crippen LogP contribution in [0.5, 0.6) is 0 Å². The van der Waals surface area contributed by atoms with Crippen LogP contribution in [0.2, 0.25) is 30.1 Å². The first-order valence-corrected chi connectivity index (χ1v) is 27.1. The SMILES string of the molecule is Clc1cc[c]([Sn]([O][Sn]([c]2ccc(Cl)cc2)([c]2ccc(Cl)cc2)[c]2ccc(Cl)cc2)([c]2ccc(Cl)cc2)[c]2ccc(Cl)cc2)cc1. The Labute approximate surface area is 302 Å². The maximum absolute atomic E-state index is 8.34. The first-order valence-electron chi connectivity index (χ1n) is 14.0. The number of halogens is 6. The van der Waals surface area contributed by atoms with Crippen molar-refractivity contribution >= 4 is 129 Å². The van der Waals surface area contributed by atoms with Gasteiger partial charge in [-0.2, -0.15) is 0 Å². The van der Waals surface area contributed by atoms with Crippen molar-refractivity contribution in [2.45, 2.75) is 0 Å². The van der Waals surface area contributed by atoms with Gasteiger partial charge in [0.25, 0.3) is 0 Å². The molecule has 0 radical (unpaired) electrons. The van der Waals surface area contributed by atoms with E-state index in [1.54, 1.807) is 0 Å². The zero-order chi connectivity index (χ0) is 31.6. The van der Waals surface area contributed by atoms with E-state index in [2.05, 4.69) is 72.8 Å². The van der Waals surface area contributed by atoms with Gasteiger partial charge in [-0.15, -0.1) is 0 Å². The molecule has 6 rings (SSSR count). The first-order chi connectivity index (χ1) is 21.7. The Balaban J connectivity index is 1.78. The molecule has 0 amide bonds. The van der Waals surface area contributed by atoms with E-state index in [0.29, 0.717) is 30.1 Å². The van der Waals surface area contributed by atoms with Crippen LogP contribution in [0.15, 0.2) is 146 Å². The summed E-state index contributed by atoms with van der Waals surface area (Å²) in [6.07, 6.45) is 0. The Morgan fingerprint density at radius 3 is 0.511 bits per heavy atom. The fourth-order valence-corrected chi connectivity index (χ4v) is 48.7. The molecule has 0 N–H and O–H groups in total. The number of hydrogen-bond acceptors (Lipinski definition) is 1. The number of benzene rings is 6. The average Bonchev–Trinajstić information content (AvgIpc) is 3.05. The molecule has 9 heteroatoms. The standard InChI is InChI=1S/6C6H4Cl.O.2Sn/c6*7-6-4-2-1-3-5-6;;;/h6*2-5H;;;. The molecule has 0 unspecified atom stereocenters. The van der Waals surface area contributed by atoms with Crippen LogP contribution in [0, 0.1) is 0 Å². The molecule has 0 saturated carbocycles. The number of hydrogen-bond donors (Lipinski definition) is 0. The topological polar surface area (TPSA) is 9.23 Å². The normalized spacial score (nSPS) is 11.9. The van der Waals surface area contributed by atoms with Crippen LogP contribution in [0.25, 0.3) is 0 Å². The maximum atomic E-state index is 8.34. The summed E-state index contributed by atoms with van der Waals surface area (Å²) in [5.41, 5.74) is 0. The van der Waals surface area contributed by atoms with E-state index >= 15 is 0 Å². The summed E-state index contributed by atoms with van der Waals surface area (Å²) in [5, 5.41) is 3.88. The molecule has 6 aromatic carbocycles. The Hall–Kier alpha value is -1.38. The van der Waals surface area contributed by atoms with Gasteiger partial charge in [-0.05, 0) is 0 Å².